The van der Waals surface area contributed by atoms with Crippen LogP contribution in [0.25, 0.3) is 10.9 Å². The number of rotatable bonds is 6. The van der Waals surface area contributed by atoms with Crippen LogP contribution in [0.3, 0.4) is 0 Å². The number of carbonyl (C=O) groups is 2. The summed E-state index contributed by atoms with van der Waals surface area (Å²) in [6.07, 6.45) is 2.68. The van der Waals surface area contributed by atoms with Gasteiger partial charge in [-0.1, -0.05) is 36.4 Å². The molecular weight excluding hydrogens is 314 g/mol. The van der Waals surface area contributed by atoms with Gasteiger partial charge in [0.25, 0.3) is 0 Å². The smallest absolute Gasteiger partial charge is 0.239 e. The lowest BCUT2D eigenvalue weighted by atomic mass is 10.1. The van der Waals surface area contributed by atoms with Crippen LogP contribution >= 0.6 is 0 Å². The van der Waals surface area contributed by atoms with Crippen molar-refractivity contribution in [2.45, 2.75) is 19.9 Å². The van der Waals surface area contributed by atoms with Crippen LogP contribution in [0.5, 0.6) is 0 Å². The molecule has 5 heteroatoms. The van der Waals surface area contributed by atoms with E-state index >= 15 is 0 Å². The van der Waals surface area contributed by atoms with Crippen molar-refractivity contribution in [3.8, 4) is 0 Å². The minimum absolute atomic E-state index is 0.0293. The fraction of sp³-hybridized carbons (Fsp3) is 0.200. The van der Waals surface area contributed by atoms with E-state index in [9.17, 15) is 9.59 Å². The second-order valence-electron chi connectivity index (χ2n) is 5.95. The molecule has 1 heterocycles. The Morgan fingerprint density at radius 3 is 2.56 bits per heavy atom. The van der Waals surface area contributed by atoms with Crippen molar-refractivity contribution >= 4 is 28.4 Å². The van der Waals surface area contributed by atoms with Crippen molar-refractivity contribution < 1.29 is 9.59 Å². The average molecular weight is 335 g/mol. The molecule has 1 aromatic heterocycles. The van der Waals surface area contributed by atoms with Gasteiger partial charge in [0.05, 0.1) is 11.2 Å². The van der Waals surface area contributed by atoms with E-state index in [0.717, 1.165) is 23.0 Å². The summed E-state index contributed by atoms with van der Waals surface area (Å²) in [7, 11) is 0. The number of nitrogens with zero attached hydrogens (tertiary/aromatic N) is 1. The summed E-state index contributed by atoms with van der Waals surface area (Å²) in [6.45, 7) is 2.34. The zero-order valence-electron chi connectivity index (χ0n) is 14.2. The molecule has 25 heavy (non-hydrogen) atoms. The molecule has 0 radical (unpaired) electrons. The van der Waals surface area contributed by atoms with Gasteiger partial charge in [-0.2, -0.15) is 0 Å². The highest BCUT2D eigenvalue weighted by Crippen LogP contribution is 2.24. The Hall–Kier alpha value is -3.08. The minimum Gasteiger partial charge on any atom is -0.354 e. The first-order chi connectivity index (χ1) is 12.1. The van der Waals surface area contributed by atoms with Crippen LogP contribution in [0.2, 0.25) is 0 Å². The number of nitrogens with one attached hydrogen (secondary N) is 2. The standard InChI is InChI=1S/C20H21N3O2/c1-15(24)22-18-8-5-9-19-17(18)11-13-23(19)14-20(25)21-12-10-16-6-3-2-4-7-16/h2-9,11,13H,10,12,14H2,1H3,(H,21,25)(H,22,24). The predicted octanol–water partition coefficient (Wildman–Crippen LogP) is 2.96. The van der Waals surface area contributed by atoms with Gasteiger partial charge in [-0.05, 0) is 30.2 Å². The number of anilines is 1. The van der Waals surface area contributed by atoms with E-state index in [-0.39, 0.29) is 18.4 Å². The second-order valence-corrected chi connectivity index (χ2v) is 5.95. The van der Waals surface area contributed by atoms with Crippen LogP contribution < -0.4 is 10.6 Å². The monoisotopic (exact) mass is 335 g/mol. The maximum Gasteiger partial charge on any atom is 0.239 e. The summed E-state index contributed by atoms with van der Waals surface area (Å²) in [5.74, 6) is -0.141. The lowest BCUT2D eigenvalue weighted by molar-refractivity contribution is -0.121. The molecule has 128 valence electrons. The largest absolute Gasteiger partial charge is 0.354 e. The molecule has 0 atom stereocenters. The van der Waals surface area contributed by atoms with Gasteiger partial charge in [0.2, 0.25) is 11.8 Å². The van der Waals surface area contributed by atoms with Crippen LogP contribution in [0.4, 0.5) is 5.69 Å². The summed E-state index contributed by atoms with van der Waals surface area (Å²) >= 11 is 0. The van der Waals surface area contributed by atoms with Crippen molar-refractivity contribution in [3.05, 3.63) is 66.4 Å². The Labute approximate surface area is 146 Å². The summed E-state index contributed by atoms with van der Waals surface area (Å²) < 4.78 is 1.89. The fourth-order valence-electron chi connectivity index (χ4n) is 2.86. The van der Waals surface area contributed by atoms with Crippen molar-refractivity contribution in [1.29, 1.82) is 0 Å². The maximum atomic E-state index is 12.2. The Morgan fingerprint density at radius 1 is 1.00 bits per heavy atom. The highest BCUT2D eigenvalue weighted by Gasteiger charge is 2.09. The van der Waals surface area contributed by atoms with Crippen molar-refractivity contribution in [3.63, 3.8) is 0 Å². The van der Waals surface area contributed by atoms with Crippen LogP contribution in [0.15, 0.2) is 60.8 Å². The molecular formula is C20H21N3O2. The zero-order valence-corrected chi connectivity index (χ0v) is 14.2. The Bertz CT molecular complexity index is 884. The molecule has 0 saturated carbocycles. The quantitative estimate of drug-likeness (QED) is 0.727. The molecule has 0 spiro atoms. The molecule has 0 saturated heterocycles. The Balaban J connectivity index is 1.62. The van der Waals surface area contributed by atoms with E-state index in [4.69, 9.17) is 0 Å². The topological polar surface area (TPSA) is 63.1 Å². The van der Waals surface area contributed by atoms with Gasteiger partial charge in [0.1, 0.15) is 6.54 Å². The van der Waals surface area contributed by atoms with E-state index in [1.54, 1.807) is 0 Å². The first kappa shape index (κ1) is 16.8. The Morgan fingerprint density at radius 2 is 1.80 bits per heavy atom. The lowest BCUT2D eigenvalue weighted by Gasteiger charge is -2.09. The number of carbonyl (C=O) groups excluding carboxylic acids is 2. The van der Waals surface area contributed by atoms with Crippen molar-refractivity contribution in [2.75, 3.05) is 11.9 Å². The van der Waals surface area contributed by atoms with E-state index in [2.05, 4.69) is 22.8 Å². The maximum absolute atomic E-state index is 12.2. The number of benzene rings is 2. The van der Waals surface area contributed by atoms with Crippen LogP contribution in [-0.4, -0.2) is 22.9 Å². The molecule has 2 aromatic carbocycles. The molecule has 2 amide bonds. The first-order valence-corrected chi connectivity index (χ1v) is 8.29. The summed E-state index contributed by atoms with van der Waals surface area (Å²) in [5, 5.41) is 6.69. The molecule has 3 aromatic rings. The third-order valence-electron chi connectivity index (χ3n) is 4.02. The molecule has 0 aliphatic carbocycles. The molecule has 3 rings (SSSR count). The normalized spacial score (nSPS) is 10.6. The Kier molecular flexibility index (Phi) is 5.14. The molecule has 2 N–H and O–H groups in total. The fourth-order valence-corrected chi connectivity index (χ4v) is 2.86. The van der Waals surface area contributed by atoms with Gasteiger partial charge in [-0.25, -0.2) is 0 Å². The van der Waals surface area contributed by atoms with Crippen molar-refractivity contribution in [1.82, 2.24) is 9.88 Å². The predicted molar refractivity (Wildman–Crippen MR) is 99.4 cm³/mol. The van der Waals surface area contributed by atoms with Crippen LogP contribution in [-0.2, 0) is 22.6 Å². The van der Waals surface area contributed by atoms with E-state index in [1.165, 1.54) is 12.5 Å². The van der Waals surface area contributed by atoms with Crippen molar-refractivity contribution in [2.24, 2.45) is 0 Å². The number of fused-ring (bicyclic) bond motifs is 1. The highest BCUT2D eigenvalue weighted by atomic mass is 16.2. The van der Waals surface area contributed by atoms with Gasteiger partial charge in [-0.3, -0.25) is 9.59 Å². The van der Waals surface area contributed by atoms with Gasteiger partial charge < -0.3 is 15.2 Å². The zero-order chi connectivity index (χ0) is 17.6. The van der Waals surface area contributed by atoms with Gasteiger partial charge in [0, 0.05) is 25.1 Å². The van der Waals surface area contributed by atoms with Crippen LogP contribution in [0.1, 0.15) is 12.5 Å². The summed E-state index contributed by atoms with van der Waals surface area (Å²) in [5.41, 5.74) is 2.88. The van der Waals surface area contributed by atoms with Gasteiger partial charge in [-0.15, -0.1) is 0 Å². The number of hydrogen-bond donors (Lipinski definition) is 2. The van der Waals surface area contributed by atoms with Gasteiger partial charge in [0.15, 0.2) is 0 Å². The molecule has 0 bridgehead atoms. The molecule has 5 nitrogen and oxygen atoms in total. The highest BCUT2D eigenvalue weighted by molar-refractivity contribution is 6.01. The van der Waals surface area contributed by atoms with Crippen LogP contribution in [0, 0.1) is 0 Å². The second kappa shape index (κ2) is 7.66. The molecule has 0 fully saturated rings. The first-order valence-electron chi connectivity index (χ1n) is 8.29. The third kappa shape index (κ3) is 4.26. The third-order valence-corrected chi connectivity index (χ3v) is 4.02. The van der Waals surface area contributed by atoms with E-state index in [1.807, 2.05) is 53.2 Å². The number of amides is 2. The van der Waals surface area contributed by atoms with E-state index in [0.29, 0.717) is 6.54 Å². The lowest BCUT2D eigenvalue weighted by Crippen LogP contribution is -2.29. The molecule has 0 aliphatic rings. The molecule has 0 aliphatic heterocycles. The number of aromatic nitrogens is 1. The SMILES string of the molecule is CC(=O)Nc1cccc2c1ccn2CC(=O)NCCc1ccccc1. The van der Waals surface area contributed by atoms with E-state index < -0.39 is 0 Å². The summed E-state index contributed by atoms with van der Waals surface area (Å²) in [4.78, 5) is 23.5. The minimum atomic E-state index is -0.112. The number of hydrogen-bond acceptors (Lipinski definition) is 2. The summed E-state index contributed by atoms with van der Waals surface area (Å²) in [6, 6.07) is 17.7. The molecule has 0 unspecified atom stereocenters. The average Bonchev–Trinajstić information content (AvgIpc) is 2.99. The van der Waals surface area contributed by atoms with Gasteiger partial charge >= 0.3 is 0 Å².